The van der Waals surface area contributed by atoms with E-state index in [2.05, 4.69) is 57.3 Å². The van der Waals surface area contributed by atoms with Crippen LogP contribution in [-0.4, -0.2) is 13.1 Å². The Morgan fingerprint density at radius 1 is 1.00 bits per heavy atom. The van der Waals surface area contributed by atoms with Gasteiger partial charge in [-0.25, -0.2) is 0 Å². The summed E-state index contributed by atoms with van der Waals surface area (Å²) >= 11 is 0. The molecule has 0 aliphatic heterocycles. The molecule has 0 amide bonds. The molecule has 0 saturated heterocycles. The maximum absolute atomic E-state index is 3.41. The van der Waals surface area contributed by atoms with Crippen LogP contribution in [0.2, 0.25) is 0 Å². The lowest BCUT2D eigenvalue weighted by atomic mass is 9.82. The normalized spacial score (nSPS) is 11.8. The van der Waals surface area contributed by atoms with E-state index in [9.17, 15) is 0 Å². The van der Waals surface area contributed by atoms with E-state index in [1.807, 2.05) is 0 Å². The van der Waals surface area contributed by atoms with Crippen molar-refractivity contribution in [2.45, 2.75) is 47.0 Å². The van der Waals surface area contributed by atoms with E-state index in [4.69, 9.17) is 0 Å². The molecule has 0 atom stereocenters. The van der Waals surface area contributed by atoms with Crippen molar-refractivity contribution >= 4 is 0 Å². The predicted octanol–water partition coefficient (Wildman–Crippen LogP) is 3.82. The molecule has 1 N–H and O–H groups in total. The molecule has 0 aromatic heterocycles. The molecule has 0 radical (unpaired) electrons. The van der Waals surface area contributed by atoms with Gasteiger partial charge in [0.05, 0.1) is 0 Å². The Kier molecular flexibility index (Phi) is 5.70. The number of rotatable bonds is 7. The monoisotopic (exact) mass is 233 g/mol. The van der Waals surface area contributed by atoms with Gasteiger partial charge in [0.25, 0.3) is 0 Å². The quantitative estimate of drug-likeness (QED) is 0.706. The molecule has 0 heterocycles. The minimum atomic E-state index is 0.385. The zero-order valence-electron chi connectivity index (χ0n) is 11.8. The van der Waals surface area contributed by atoms with Gasteiger partial charge in [-0.15, -0.1) is 0 Å². The van der Waals surface area contributed by atoms with Crippen LogP contribution in [0.4, 0.5) is 0 Å². The standard InChI is InChI=1S/C16H27N/c1-5-14-7-9-15(10-8-14)13-16(3,4)11-12-17-6-2/h7-10,17H,5-6,11-13H2,1-4H3. The van der Waals surface area contributed by atoms with Gasteiger partial charge < -0.3 is 5.32 Å². The summed E-state index contributed by atoms with van der Waals surface area (Å²) in [6.07, 6.45) is 3.53. The van der Waals surface area contributed by atoms with Gasteiger partial charge in [-0.3, -0.25) is 0 Å². The van der Waals surface area contributed by atoms with Crippen molar-refractivity contribution < 1.29 is 0 Å². The fourth-order valence-corrected chi connectivity index (χ4v) is 2.14. The van der Waals surface area contributed by atoms with E-state index < -0.39 is 0 Å². The zero-order chi connectivity index (χ0) is 12.7. The molecule has 0 fully saturated rings. The molecule has 96 valence electrons. The van der Waals surface area contributed by atoms with E-state index in [1.165, 1.54) is 24.0 Å². The fraction of sp³-hybridized carbons (Fsp3) is 0.625. The van der Waals surface area contributed by atoms with Crippen LogP contribution in [0.3, 0.4) is 0 Å². The fourth-order valence-electron chi connectivity index (χ4n) is 2.14. The molecule has 0 bridgehead atoms. The van der Waals surface area contributed by atoms with Crippen LogP contribution in [0.1, 0.15) is 45.2 Å². The van der Waals surface area contributed by atoms with E-state index in [1.54, 1.807) is 0 Å². The number of hydrogen-bond acceptors (Lipinski definition) is 1. The van der Waals surface area contributed by atoms with Crippen molar-refractivity contribution in [1.82, 2.24) is 5.32 Å². The first-order valence-corrected chi connectivity index (χ1v) is 6.86. The van der Waals surface area contributed by atoms with Crippen LogP contribution in [0.5, 0.6) is 0 Å². The highest BCUT2D eigenvalue weighted by molar-refractivity contribution is 5.23. The molecule has 0 unspecified atom stereocenters. The maximum atomic E-state index is 3.41. The Morgan fingerprint density at radius 3 is 2.12 bits per heavy atom. The molecule has 1 aromatic rings. The van der Waals surface area contributed by atoms with Gasteiger partial charge in [-0.1, -0.05) is 52.0 Å². The average Bonchev–Trinajstić information content (AvgIpc) is 2.30. The maximum Gasteiger partial charge on any atom is -0.00438 e. The van der Waals surface area contributed by atoms with E-state index in [0.717, 1.165) is 19.5 Å². The first-order chi connectivity index (χ1) is 8.07. The zero-order valence-corrected chi connectivity index (χ0v) is 11.8. The molecule has 17 heavy (non-hydrogen) atoms. The van der Waals surface area contributed by atoms with Crippen molar-refractivity contribution in [3.8, 4) is 0 Å². The Balaban J connectivity index is 2.50. The Bertz CT molecular complexity index is 311. The van der Waals surface area contributed by atoms with E-state index in [0.29, 0.717) is 5.41 Å². The largest absolute Gasteiger partial charge is 0.317 e. The van der Waals surface area contributed by atoms with Gasteiger partial charge in [-0.05, 0) is 48.9 Å². The van der Waals surface area contributed by atoms with E-state index in [-0.39, 0.29) is 0 Å². The summed E-state index contributed by atoms with van der Waals surface area (Å²) in [4.78, 5) is 0. The van der Waals surface area contributed by atoms with Crippen molar-refractivity contribution in [3.05, 3.63) is 35.4 Å². The van der Waals surface area contributed by atoms with Crippen molar-refractivity contribution in [3.63, 3.8) is 0 Å². The third kappa shape index (κ3) is 5.36. The molecule has 1 heteroatoms. The van der Waals surface area contributed by atoms with Crippen LogP contribution < -0.4 is 5.32 Å². The number of hydrogen-bond donors (Lipinski definition) is 1. The van der Waals surface area contributed by atoms with Crippen molar-refractivity contribution in [2.75, 3.05) is 13.1 Å². The number of nitrogens with one attached hydrogen (secondary N) is 1. The van der Waals surface area contributed by atoms with Gasteiger partial charge in [0.2, 0.25) is 0 Å². The first kappa shape index (κ1) is 14.2. The summed E-state index contributed by atoms with van der Waals surface area (Å²) in [5, 5.41) is 3.41. The molecule has 0 aliphatic carbocycles. The molecular weight excluding hydrogens is 206 g/mol. The van der Waals surface area contributed by atoms with Crippen molar-refractivity contribution in [1.29, 1.82) is 0 Å². The van der Waals surface area contributed by atoms with Gasteiger partial charge in [0.15, 0.2) is 0 Å². The second kappa shape index (κ2) is 6.80. The summed E-state index contributed by atoms with van der Waals surface area (Å²) in [6, 6.07) is 9.09. The van der Waals surface area contributed by atoms with Gasteiger partial charge in [0, 0.05) is 0 Å². The summed E-state index contributed by atoms with van der Waals surface area (Å²) in [6.45, 7) is 11.3. The van der Waals surface area contributed by atoms with Crippen LogP contribution >= 0.6 is 0 Å². The highest BCUT2D eigenvalue weighted by atomic mass is 14.8. The number of benzene rings is 1. The van der Waals surface area contributed by atoms with Gasteiger partial charge in [-0.2, -0.15) is 0 Å². The van der Waals surface area contributed by atoms with Crippen LogP contribution in [0, 0.1) is 5.41 Å². The van der Waals surface area contributed by atoms with Gasteiger partial charge >= 0.3 is 0 Å². The molecule has 0 spiro atoms. The lowest BCUT2D eigenvalue weighted by Crippen LogP contribution is -2.23. The second-order valence-corrected chi connectivity index (χ2v) is 5.61. The Morgan fingerprint density at radius 2 is 1.59 bits per heavy atom. The average molecular weight is 233 g/mol. The summed E-state index contributed by atoms with van der Waals surface area (Å²) in [5.41, 5.74) is 3.28. The molecule has 0 saturated carbocycles. The Hall–Kier alpha value is -0.820. The summed E-state index contributed by atoms with van der Waals surface area (Å²) in [5.74, 6) is 0. The minimum Gasteiger partial charge on any atom is -0.317 e. The highest BCUT2D eigenvalue weighted by Crippen LogP contribution is 2.25. The third-order valence-electron chi connectivity index (χ3n) is 3.34. The molecule has 1 aromatic carbocycles. The molecule has 0 aliphatic rings. The molecule has 1 nitrogen and oxygen atoms in total. The lowest BCUT2D eigenvalue weighted by molar-refractivity contribution is 0.327. The van der Waals surface area contributed by atoms with Crippen LogP contribution in [0.25, 0.3) is 0 Å². The first-order valence-electron chi connectivity index (χ1n) is 6.86. The van der Waals surface area contributed by atoms with Crippen LogP contribution in [-0.2, 0) is 12.8 Å². The SMILES string of the molecule is CCNCCC(C)(C)Cc1ccc(CC)cc1. The highest BCUT2D eigenvalue weighted by Gasteiger charge is 2.17. The summed E-state index contributed by atoms with van der Waals surface area (Å²) < 4.78 is 0. The Labute approximate surface area is 107 Å². The summed E-state index contributed by atoms with van der Waals surface area (Å²) in [7, 11) is 0. The lowest BCUT2D eigenvalue weighted by Gasteiger charge is -2.25. The van der Waals surface area contributed by atoms with Crippen molar-refractivity contribution in [2.24, 2.45) is 5.41 Å². The minimum absolute atomic E-state index is 0.385. The van der Waals surface area contributed by atoms with Gasteiger partial charge in [0.1, 0.15) is 0 Å². The predicted molar refractivity (Wildman–Crippen MR) is 76.5 cm³/mol. The molecule has 1 rings (SSSR count). The second-order valence-electron chi connectivity index (χ2n) is 5.61. The molecular formula is C16H27N. The van der Waals surface area contributed by atoms with Crippen LogP contribution in [0.15, 0.2) is 24.3 Å². The third-order valence-corrected chi connectivity index (χ3v) is 3.34. The van der Waals surface area contributed by atoms with E-state index >= 15 is 0 Å². The smallest absolute Gasteiger partial charge is 0.00438 e. The number of aryl methyl sites for hydroxylation is 1. The topological polar surface area (TPSA) is 12.0 Å².